The number of thiocarbonyl (C=S) groups is 1. The van der Waals surface area contributed by atoms with Gasteiger partial charge in [-0.3, -0.25) is 15.6 Å². The SMILES string of the molecule is COc1cc(NC(=S)NNC(=O)c2ccccc2Br)cc(OC)c1. The van der Waals surface area contributed by atoms with Crippen LogP contribution in [0.15, 0.2) is 46.9 Å². The lowest BCUT2D eigenvalue weighted by Crippen LogP contribution is -2.43. The molecule has 2 aromatic carbocycles. The van der Waals surface area contributed by atoms with Crippen LogP contribution in [0.5, 0.6) is 11.5 Å². The molecule has 3 N–H and O–H groups in total. The summed E-state index contributed by atoms with van der Waals surface area (Å²) in [6, 6.07) is 12.3. The highest BCUT2D eigenvalue weighted by Crippen LogP contribution is 2.25. The zero-order chi connectivity index (χ0) is 17.5. The maximum Gasteiger partial charge on any atom is 0.270 e. The second-order valence-corrected chi connectivity index (χ2v) is 5.88. The fourth-order valence-corrected chi connectivity index (χ4v) is 2.50. The van der Waals surface area contributed by atoms with E-state index in [-0.39, 0.29) is 11.0 Å². The monoisotopic (exact) mass is 409 g/mol. The molecule has 2 aromatic rings. The summed E-state index contributed by atoms with van der Waals surface area (Å²) in [4.78, 5) is 12.1. The van der Waals surface area contributed by atoms with Gasteiger partial charge < -0.3 is 14.8 Å². The van der Waals surface area contributed by atoms with Crippen molar-refractivity contribution in [2.45, 2.75) is 0 Å². The van der Waals surface area contributed by atoms with Crippen LogP contribution in [0.2, 0.25) is 0 Å². The average molecular weight is 410 g/mol. The molecule has 0 heterocycles. The number of anilines is 1. The molecule has 0 saturated heterocycles. The van der Waals surface area contributed by atoms with E-state index in [2.05, 4.69) is 32.1 Å². The minimum absolute atomic E-state index is 0.228. The summed E-state index contributed by atoms with van der Waals surface area (Å²) in [5.74, 6) is 0.934. The van der Waals surface area contributed by atoms with E-state index in [0.717, 1.165) is 0 Å². The molecular formula is C16H16BrN3O3S. The van der Waals surface area contributed by atoms with E-state index in [0.29, 0.717) is 27.2 Å². The predicted molar refractivity (Wildman–Crippen MR) is 101 cm³/mol. The van der Waals surface area contributed by atoms with E-state index in [1.807, 2.05) is 6.07 Å². The number of halogens is 1. The predicted octanol–water partition coefficient (Wildman–Crippen LogP) is 3.10. The van der Waals surface area contributed by atoms with Crippen molar-refractivity contribution in [3.8, 4) is 11.5 Å². The lowest BCUT2D eigenvalue weighted by Gasteiger charge is -2.13. The highest BCUT2D eigenvalue weighted by Gasteiger charge is 2.09. The number of carbonyl (C=O) groups excluding carboxylic acids is 1. The molecule has 1 amide bonds. The summed E-state index contributed by atoms with van der Waals surface area (Å²) in [7, 11) is 3.13. The fourth-order valence-electron chi connectivity index (χ4n) is 1.87. The Morgan fingerprint density at radius 2 is 1.67 bits per heavy atom. The van der Waals surface area contributed by atoms with Crippen LogP contribution in [0, 0.1) is 0 Å². The van der Waals surface area contributed by atoms with Gasteiger partial charge in [-0.2, -0.15) is 0 Å². The van der Waals surface area contributed by atoms with Gasteiger partial charge in [-0.05, 0) is 40.3 Å². The van der Waals surface area contributed by atoms with Gasteiger partial charge in [0.1, 0.15) is 11.5 Å². The van der Waals surface area contributed by atoms with Gasteiger partial charge in [-0.1, -0.05) is 12.1 Å². The Balaban J connectivity index is 1.96. The van der Waals surface area contributed by atoms with E-state index in [4.69, 9.17) is 21.7 Å². The zero-order valence-corrected chi connectivity index (χ0v) is 15.5. The molecule has 24 heavy (non-hydrogen) atoms. The van der Waals surface area contributed by atoms with Crippen molar-refractivity contribution < 1.29 is 14.3 Å². The van der Waals surface area contributed by atoms with Crippen molar-refractivity contribution in [1.82, 2.24) is 10.9 Å². The van der Waals surface area contributed by atoms with Gasteiger partial charge in [-0.25, -0.2) is 0 Å². The molecule has 0 fully saturated rings. The Hall–Kier alpha value is -2.32. The van der Waals surface area contributed by atoms with Gasteiger partial charge in [0.25, 0.3) is 5.91 Å². The van der Waals surface area contributed by atoms with Crippen molar-refractivity contribution in [2.75, 3.05) is 19.5 Å². The Morgan fingerprint density at radius 3 is 2.25 bits per heavy atom. The summed E-state index contributed by atoms with van der Waals surface area (Å²) >= 11 is 8.49. The number of carbonyl (C=O) groups is 1. The van der Waals surface area contributed by atoms with Crippen molar-refractivity contribution in [2.24, 2.45) is 0 Å². The third-order valence-corrected chi connectivity index (χ3v) is 3.91. The number of benzene rings is 2. The Bertz CT molecular complexity index is 733. The number of hydrogen-bond donors (Lipinski definition) is 3. The van der Waals surface area contributed by atoms with Crippen molar-refractivity contribution in [3.63, 3.8) is 0 Å². The molecule has 0 bridgehead atoms. The third kappa shape index (κ3) is 4.84. The molecule has 0 aliphatic carbocycles. The molecule has 126 valence electrons. The first-order chi connectivity index (χ1) is 11.5. The highest BCUT2D eigenvalue weighted by molar-refractivity contribution is 9.10. The summed E-state index contributed by atoms with van der Waals surface area (Å²) in [6.07, 6.45) is 0. The summed E-state index contributed by atoms with van der Waals surface area (Å²) < 4.78 is 11.1. The second kappa shape index (κ2) is 8.51. The van der Waals surface area contributed by atoms with Crippen LogP contribution in [0.25, 0.3) is 0 Å². The molecule has 0 aromatic heterocycles. The van der Waals surface area contributed by atoms with Gasteiger partial charge in [0.2, 0.25) is 0 Å². The van der Waals surface area contributed by atoms with Gasteiger partial charge in [0, 0.05) is 28.4 Å². The van der Waals surface area contributed by atoms with E-state index in [1.54, 1.807) is 50.6 Å². The lowest BCUT2D eigenvalue weighted by molar-refractivity contribution is 0.0943. The molecule has 0 unspecified atom stereocenters. The summed E-state index contributed by atoms with van der Waals surface area (Å²) in [6.45, 7) is 0. The Kier molecular flexibility index (Phi) is 6.39. The first kappa shape index (κ1) is 18.0. The van der Waals surface area contributed by atoms with Gasteiger partial charge in [-0.15, -0.1) is 0 Å². The largest absolute Gasteiger partial charge is 0.497 e. The number of hydrazine groups is 1. The van der Waals surface area contributed by atoms with Crippen LogP contribution < -0.4 is 25.6 Å². The van der Waals surface area contributed by atoms with Gasteiger partial charge in [0.15, 0.2) is 5.11 Å². The average Bonchev–Trinajstić information content (AvgIpc) is 2.59. The van der Waals surface area contributed by atoms with Gasteiger partial charge in [0.05, 0.1) is 19.8 Å². The van der Waals surface area contributed by atoms with E-state index < -0.39 is 0 Å². The molecular weight excluding hydrogens is 394 g/mol. The minimum atomic E-state index is -0.310. The number of ether oxygens (including phenoxy) is 2. The van der Waals surface area contributed by atoms with Crippen LogP contribution in [0.4, 0.5) is 5.69 Å². The van der Waals surface area contributed by atoms with E-state index >= 15 is 0 Å². The lowest BCUT2D eigenvalue weighted by atomic mass is 10.2. The van der Waals surface area contributed by atoms with E-state index in [1.165, 1.54) is 0 Å². The summed E-state index contributed by atoms with van der Waals surface area (Å²) in [5.41, 5.74) is 6.34. The molecule has 0 radical (unpaired) electrons. The van der Waals surface area contributed by atoms with Crippen LogP contribution in [-0.2, 0) is 0 Å². The maximum atomic E-state index is 12.1. The zero-order valence-electron chi connectivity index (χ0n) is 13.1. The number of amides is 1. The quantitative estimate of drug-likeness (QED) is 0.532. The third-order valence-electron chi connectivity index (χ3n) is 3.02. The molecule has 0 atom stereocenters. The molecule has 0 aliphatic rings. The first-order valence-electron chi connectivity index (χ1n) is 6.88. The topological polar surface area (TPSA) is 71.6 Å². The molecule has 0 saturated carbocycles. The van der Waals surface area contributed by atoms with Crippen molar-refractivity contribution >= 4 is 44.9 Å². The number of hydrogen-bond acceptors (Lipinski definition) is 4. The maximum absolute atomic E-state index is 12.1. The van der Waals surface area contributed by atoms with Crippen molar-refractivity contribution in [1.29, 1.82) is 0 Å². The molecule has 0 aliphatic heterocycles. The number of methoxy groups -OCH3 is 2. The smallest absolute Gasteiger partial charge is 0.270 e. The molecule has 0 spiro atoms. The molecule has 2 rings (SSSR count). The summed E-state index contributed by atoms with van der Waals surface area (Å²) in [5, 5.41) is 3.17. The fraction of sp³-hybridized carbons (Fsp3) is 0.125. The number of rotatable bonds is 4. The normalized spacial score (nSPS) is 9.79. The van der Waals surface area contributed by atoms with Crippen LogP contribution in [0.3, 0.4) is 0 Å². The second-order valence-electron chi connectivity index (χ2n) is 4.61. The molecule has 8 heteroatoms. The minimum Gasteiger partial charge on any atom is -0.497 e. The Morgan fingerprint density at radius 1 is 1.04 bits per heavy atom. The van der Waals surface area contributed by atoms with Crippen LogP contribution >= 0.6 is 28.1 Å². The van der Waals surface area contributed by atoms with Crippen LogP contribution in [0.1, 0.15) is 10.4 Å². The Labute approximate surface area is 153 Å². The number of nitrogens with one attached hydrogen (secondary N) is 3. The highest BCUT2D eigenvalue weighted by atomic mass is 79.9. The molecule has 6 nitrogen and oxygen atoms in total. The van der Waals surface area contributed by atoms with Gasteiger partial charge >= 0.3 is 0 Å². The van der Waals surface area contributed by atoms with Crippen molar-refractivity contribution in [3.05, 3.63) is 52.5 Å². The van der Waals surface area contributed by atoms with E-state index in [9.17, 15) is 4.79 Å². The first-order valence-corrected chi connectivity index (χ1v) is 8.08. The standard InChI is InChI=1S/C16H16BrN3O3S/c1-22-11-7-10(8-12(9-11)23-2)18-16(24)20-19-15(21)13-5-3-4-6-14(13)17/h3-9H,1-2H3,(H,19,21)(H2,18,20,24). The van der Waals surface area contributed by atoms with Crippen LogP contribution in [-0.4, -0.2) is 25.2 Å².